The molecule has 0 saturated carbocycles. The minimum absolute atomic E-state index is 0. The van der Waals surface area contributed by atoms with Gasteiger partial charge in [-0.2, -0.15) is 0 Å². The molecule has 2 aromatic rings. The van der Waals surface area contributed by atoms with Gasteiger partial charge in [-0.15, -0.1) is 0 Å². The van der Waals surface area contributed by atoms with Crippen LogP contribution in [0.5, 0.6) is 0 Å². The largest absolute Gasteiger partial charge is 0.252 e. The maximum absolute atomic E-state index is 5.11. The van der Waals surface area contributed by atoms with Crippen LogP contribution in [0.25, 0.3) is 0 Å². The third kappa shape index (κ3) is 20.2. The van der Waals surface area contributed by atoms with E-state index < -0.39 is 0 Å². The van der Waals surface area contributed by atoms with Crippen LogP contribution in [0.3, 0.4) is 0 Å². The number of rotatable bonds is 26. The second-order valence-electron chi connectivity index (χ2n) is 12.0. The van der Waals surface area contributed by atoms with E-state index in [1.54, 1.807) is 0 Å². The maximum Gasteiger partial charge on any atom is 0.0633 e. The van der Waals surface area contributed by atoms with E-state index in [0.717, 1.165) is 30.6 Å². The van der Waals surface area contributed by atoms with Gasteiger partial charge in [-0.3, -0.25) is 9.98 Å². The van der Waals surface area contributed by atoms with E-state index in [-0.39, 0.29) is 16.5 Å². The normalized spacial score (nSPS) is 12.0. The number of unbranched alkanes of at least 4 members (excludes halogenated alkanes) is 19. The van der Waals surface area contributed by atoms with Crippen molar-refractivity contribution in [3.05, 3.63) is 60.7 Å². The van der Waals surface area contributed by atoms with Crippen LogP contribution in [0.15, 0.2) is 70.6 Å². The van der Waals surface area contributed by atoms with Crippen molar-refractivity contribution < 1.29 is 16.5 Å². The Kier molecular flexibility index (Phi) is 25.6. The van der Waals surface area contributed by atoms with Gasteiger partial charge in [0.2, 0.25) is 0 Å². The van der Waals surface area contributed by atoms with E-state index >= 15 is 0 Å². The average molecular weight is 618 g/mol. The summed E-state index contributed by atoms with van der Waals surface area (Å²) in [4.78, 5) is 10.2. The molecule has 0 aliphatic rings. The van der Waals surface area contributed by atoms with Crippen LogP contribution in [-0.4, -0.2) is 11.4 Å². The van der Waals surface area contributed by atoms with Crippen LogP contribution in [-0.2, 0) is 16.5 Å². The molecule has 0 heterocycles. The second-order valence-corrected chi connectivity index (χ2v) is 12.0. The van der Waals surface area contributed by atoms with Crippen molar-refractivity contribution >= 4 is 22.8 Å². The van der Waals surface area contributed by atoms with Crippen LogP contribution in [0, 0.1) is 0 Å². The summed E-state index contributed by atoms with van der Waals surface area (Å²) in [5.74, 6) is 0. The number of benzene rings is 2. The van der Waals surface area contributed by atoms with Crippen molar-refractivity contribution in [2.24, 2.45) is 9.98 Å². The Morgan fingerprint density at radius 3 is 1.00 bits per heavy atom. The van der Waals surface area contributed by atoms with Gasteiger partial charge in [0.05, 0.1) is 22.8 Å². The molecule has 0 N–H and O–H groups in total. The second kappa shape index (κ2) is 28.1. The first-order valence-corrected chi connectivity index (χ1v) is 17.6. The monoisotopic (exact) mass is 616 g/mol. The molecule has 238 valence electrons. The molecule has 42 heavy (non-hydrogen) atoms. The summed E-state index contributed by atoms with van der Waals surface area (Å²) in [5.41, 5.74) is 4.43. The van der Waals surface area contributed by atoms with E-state index in [4.69, 9.17) is 9.98 Å². The number of hydrogen-bond donors (Lipinski definition) is 0. The summed E-state index contributed by atoms with van der Waals surface area (Å²) < 4.78 is 0. The summed E-state index contributed by atoms with van der Waals surface area (Å²) >= 11 is 0. The smallest absolute Gasteiger partial charge is 0.0633 e. The first-order chi connectivity index (χ1) is 20.3. The molecule has 0 spiro atoms. The molecule has 0 bridgehead atoms. The molecule has 0 fully saturated rings. The van der Waals surface area contributed by atoms with Crippen molar-refractivity contribution in [3.8, 4) is 0 Å². The molecule has 0 atom stereocenters. The molecule has 0 radical (unpaired) electrons. The van der Waals surface area contributed by atoms with E-state index in [1.165, 1.54) is 140 Å². The zero-order valence-corrected chi connectivity index (χ0v) is 28.2. The third-order valence-corrected chi connectivity index (χ3v) is 8.16. The van der Waals surface area contributed by atoms with Crippen molar-refractivity contribution in [1.29, 1.82) is 0 Å². The fourth-order valence-corrected chi connectivity index (χ4v) is 5.56. The molecule has 0 unspecified atom stereocenters. The molecule has 0 amide bonds. The van der Waals surface area contributed by atoms with Gasteiger partial charge in [0, 0.05) is 16.5 Å². The van der Waals surface area contributed by atoms with Crippen LogP contribution >= 0.6 is 0 Å². The van der Waals surface area contributed by atoms with Gasteiger partial charge in [0.1, 0.15) is 0 Å². The van der Waals surface area contributed by atoms with Gasteiger partial charge >= 0.3 is 0 Å². The van der Waals surface area contributed by atoms with Crippen LogP contribution in [0.1, 0.15) is 162 Å². The van der Waals surface area contributed by atoms with Gasteiger partial charge in [0.15, 0.2) is 0 Å². The molecule has 0 saturated heterocycles. The van der Waals surface area contributed by atoms with Gasteiger partial charge in [0.25, 0.3) is 0 Å². The predicted octanol–water partition coefficient (Wildman–Crippen LogP) is 13.5. The Labute approximate surface area is 270 Å². The molecular formula is C39H62N2Ni. The number of para-hydroxylation sites is 2. The van der Waals surface area contributed by atoms with Gasteiger partial charge in [-0.05, 0) is 49.9 Å². The number of hydrogen-bond acceptors (Lipinski definition) is 2. The van der Waals surface area contributed by atoms with Crippen molar-refractivity contribution in [3.63, 3.8) is 0 Å². The zero-order chi connectivity index (χ0) is 29.1. The van der Waals surface area contributed by atoms with Crippen LogP contribution in [0.2, 0.25) is 0 Å². The quantitative estimate of drug-likeness (QED) is 0.0570. The predicted molar refractivity (Wildman–Crippen MR) is 185 cm³/mol. The van der Waals surface area contributed by atoms with E-state index in [9.17, 15) is 0 Å². The SMILES string of the molecule is CCCCCCCCCCCCCCCCCCCCCC(=N\c1ccccc1)/C(CCCC)=N/c1ccccc1.[Ni]. The van der Waals surface area contributed by atoms with Crippen molar-refractivity contribution in [2.75, 3.05) is 0 Å². The Hall–Kier alpha value is -1.73. The molecule has 3 heteroatoms. The van der Waals surface area contributed by atoms with Crippen molar-refractivity contribution in [1.82, 2.24) is 0 Å². The Morgan fingerprint density at radius 1 is 0.381 bits per heavy atom. The Balaban J connectivity index is 0.00000882. The summed E-state index contributed by atoms with van der Waals surface area (Å²) in [6.07, 6.45) is 31.2. The van der Waals surface area contributed by atoms with E-state index in [2.05, 4.69) is 74.5 Å². The minimum Gasteiger partial charge on any atom is -0.252 e. The molecule has 0 aliphatic heterocycles. The van der Waals surface area contributed by atoms with Crippen molar-refractivity contribution in [2.45, 2.75) is 162 Å². The first-order valence-electron chi connectivity index (χ1n) is 17.6. The molecule has 0 aliphatic carbocycles. The topological polar surface area (TPSA) is 24.7 Å². The van der Waals surface area contributed by atoms with Gasteiger partial charge in [-0.25, -0.2) is 0 Å². The molecule has 2 nitrogen and oxygen atoms in total. The summed E-state index contributed by atoms with van der Waals surface area (Å²) in [6, 6.07) is 20.8. The van der Waals surface area contributed by atoms with E-state index in [1.807, 2.05) is 0 Å². The maximum atomic E-state index is 5.11. The van der Waals surface area contributed by atoms with E-state index in [0.29, 0.717) is 0 Å². The van der Waals surface area contributed by atoms with Gasteiger partial charge in [-0.1, -0.05) is 172 Å². The molecule has 2 rings (SSSR count). The number of nitrogens with zero attached hydrogens (tertiary/aromatic N) is 2. The fraction of sp³-hybridized carbons (Fsp3) is 0.641. The number of aliphatic imine (C=N–C) groups is 2. The minimum atomic E-state index is 0. The van der Waals surface area contributed by atoms with Gasteiger partial charge < -0.3 is 0 Å². The summed E-state index contributed by atoms with van der Waals surface area (Å²) in [7, 11) is 0. The third-order valence-electron chi connectivity index (χ3n) is 8.16. The first kappa shape index (κ1) is 38.3. The molecular weight excluding hydrogens is 555 g/mol. The molecule has 2 aromatic carbocycles. The van der Waals surface area contributed by atoms with Crippen LogP contribution < -0.4 is 0 Å². The average Bonchev–Trinajstić information content (AvgIpc) is 3.01. The Morgan fingerprint density at radius 2 is 0.667 bits per heavy atom. The zero-order valence-electron chi connectivity index (χ0n) is 27.2. The fourth-order valence-electron chi connectivity index (χ4n) is 5.56. The molecule has 0 aromatic heterocycles. The Bertz CT molecular complexity index is 906. The van der Waals surface area contributed by atoms with Crippen LogP contribution in [0.4, 0.5) is 11.4 Å². The standard InChI is InChI=1S/C39H62N2.Ni/c1-3-5-7-8-9-10-11-12-13-14-15-16-17-18-19-20-21-22-29-35-39(41-37-32-27-24-28-33-37)38(34-6-4-2)40-36-30-25-23-26-31-36;/h23-28,30-33H,3-22,29,34-35H2,1-2H3;/b40-38+,41-39+;. The summed E-state index contributed by atoms with van der Waals surface area (Å²) in [5, 5.41) is 0. The summed E-state index contributed by atoms with van der Waals surface area (Å²) in [6.45, 7) is 4.56.